The van der Waals surface area contributed by atoms with Crippen LogP contribution in [-0.4, -0.2) is 67.0 Å². The van der Waals surface area contributed by atoms with Crippen LogP contribution in [0.15, 0.2) is 58.3 Å². The number of esters is 1. The number of piperazine rings is 1. The zero-order chi connectivity index (χ0) is 24.1. The zero-order valence-electron chi connectivity index (χ0n) is 19.5. The fraction of sp³-hybridized carbons (Fsp3) is 0.400. The SMILES string of the molecule is CCOC(=O)C1=C(CN2CCN(C(=O)c3ccco3)CC2)NC(=O)N[C@@H]1c1ccc(CC)cc1. The largest absolute Gasteiger partial charge is 0.463 e. The molecule has 1 aromatic carbocycles. The van der Waals surface area contributed by atoms with Crippen molar-refractivity contribution in [2.24, 2.45) is 0 Å². The molecule has 2 N–H and O–H groups in total. The van der Waals surface area contributed by atoms with Gasteiger partial charge in [0.25, 0.3) is 5.91 Å². The number of aryl methyl sites for hydroxylation is 1. The summed E-state index contributed by atoms with van der Waals surface area (Å²) < 4.78 is 10.6. The van der Waals surface area contributed by atoms with Gasteiger partial charge in [-0.2, -0.15) is 0 Å². The number of amides is 3. The number of ether oxygens (including phenoxy) is 1. The highest BCUT2D eigenvalue weighted by Crippen LogP contribution is 2.29. The van der Waals surface area contributed by atoms with E-state index >= 15 is 0 Å². The van der Waals surface area contributed by atoms with E-state index in [-0.39, 0.29) is 18.5 Å². The predicted octanol–water partition coefficient (Wildman–Crippen LogP) is 2.47. The molecular weight excluding hydrogens is 436 g/mol. The second-order valence-corrected chi connectivity index (χ2v) is 8.28. The van der Waals surface area contributed by atoms with Crippen molar-refractivity contribution in [1.29, 1.82) is 0 Å². The van der Waals surface area contributed by atoms with Gasteiger partial charge in [-0.15, -0.1) is 0 Å². The number of rotatable bonds is 7. The van der Waals surface area contributed by atoms with E-state index in [2.05, 4.69) is 22.5 Å². The Kier molecular flexibility index (Phi) is 7.32. The molecule has 2 aliphatic rings. The standard InChI is InChI=1S/C25H30N4O5/c1-3-17-7-9-18(10-8-17)22-21(24(31)33-4-2)19(26-25(32)27-22)16-28-11-13-29(14-12-28)23(30)20-6-5-15-34-20/h5-10,15,22H,3-4,11-14,16H2,1-2H3,(H2,26,27,32)/t22-/m1/s1. The van der Waals surface area contributed by atoms with Crippen LogP contribution in [0.1, 0.15) is 41.6 Å². The van der Waals surface area contributed by atoms with Crippen molar-refractivity contribution in [2.75, 3.05) is 39.3 Å². The zero-order valence-corrected chi connectivity index (χ0v) is 19.5. The average Bonchev–Trinajstić information content (AvgIpc) is 3.39. The van der Waals surface area contributed by atoms with Gasteiger partial charge in [0.05, 0.1) is 24.5 Å². The van der Waals surface area contributed by atoms with E-state index in [0.717, 1.165) is 12.0 Å². The molecule has 180 valence electrons. The lowest BCUT2D eigenvalue weighted by molar-refractivity contribution is -0.139. The molecule has 3 amide bonds. The summed E-state index contributed by atoms with van der Waals surface area (Å²) in [5, 5.41) is 5.70. The highest BCUT2D eigenvalue weighted by atomic mass is 16.5. The summed E-state index contributed by atoms with van der Waals surface area (Å²) in [5.41, 5.74) is 2.92. The fourth-order valence-corrected chi connectivity index (χ4v) is 4.28. The number of carbonyl (C=O) groups excluding carboxylic acids is 3. The number of nitrogens with zero attached hydrogens (tertiary/aromatic N) is 2. The molecular formula is C25H30N4O5. The molecule has 1 fully saturated rings. The Bertz CT molecular complexity index is 1050. The highest BCUT2D eigenvalue weighted by Gasteiger charge is 2.35. The number of urea groups is 1. The van der Waals surface area contributed by atoms with Crippen LogP contribution in [0.4, 0.5) is 4.79 Å². The third-order valence-electron chi connectivity index (χ3n) is 6.14. The molecule has 9 heteroatoms. The second kappa shape index (κ2) is 10.6. The number of benzene rings is 1. The maximum atomic E-state index is 13.0. The molecule has 1 saturated heterocycles. The molecule has 0 saturated carbocycles. The quantitative estimate of drug-likeness (QED) is 0.608. The summed E-state index contributed by atoms with van der Waals surface area (Å²) in [6, 6.07) is 10.3. The fourth-order valence-electron chi connectivity index (χ4n) is 4.28. The van der Waals surface area contributed by atoms with Gasteiger partial charge in [-0.3, -0.25) is 9.69 Å². The maximum absolute atomic E-state index is 13.0. The number of furan rings is 1. The Morgan fingerprint density at radius 2 is 1.82 bits per heavy atom. The first kappa shape index (κ1) is 23.6. The predicted molar refractivity (Wildman–Crippen MR) is 125 cm³/mol. The van der Waals surface area contributed by atoms with Crippen molar-refractivity contribution in [2.45, 2.75) is 26.3 Å². The van der Waals surface area contributed by atoms with E-state index in [1.165, 1.54) is 11.8 Å². The molecule has 34 heavy (non-hydrogen) atoms. The van der Waals surface area contributed by atoms with Gasteiger partial charge in [0.15, 0.2) is 5.76 Å². The molecule has 0 unspecified atom stereocenters. The molecule has 0 radical (unpaired) electrons. The molecule has 0 spiro atoms. The van der Waals surface area contributed by atoms with Gasteiger partial charge in [0, 0.05) is 38.4 Å². The minimum atomic E-state index is -0.601. The smallest absolute Gasteiger partial charge is 0.338 e. The summed E-state index contributed by atoms with van der Waals surface area (Å²) in [6.45, 7) is 6.69. The number of hydrogen-bond acceptors (Lipinski definition) is 6. The van der Waals surface area contributed by atoms with Crippen LogP contribution in [-0.2, 0) is 16.0 Å². The lowest BCUT2D eigenvalue weighted by Gasteiger charge is -2.36. The first-order chi connectivity index (χ1) is 16.5. The summed E-state index contributed by atoms with van der Waals surface area (Å²) in [4.78, 5) is 41.9. The summed E-state index contributed by atoms with van der Waals surface area (Å²) >= 11 is 0. The van der Waals surface area contributed by atoms with Crippen LogP contribution >= 0.6 is 0 Å². The lowest BCUT2D eigenvalue weighted by Crippen LogP contribution is -2.52. The third kappa shape index (κ3) is 5.14. The van der Waals surface area contributed by atoms with Gasteiger partial charge >= 0.3 is 12.0 Å². The molecule has 2 aromatic rings. The van der Waals surface area contributed by atoms with Crippen molar-refractivity contribution in [3.05, 3.63) is 70.8 Å². The van der Waals surface area contributed by atoms with E-state index in [1.807, 2.05) is 24.3 Å². The van der Waals surface area contributed by atoms with Crippen molar-refractivity contribution >= 4 is 17.9 Å². The Hall–Kier alpha value is -3.59. The topological polar surface area (TPSA) is 104 Å². The van der Waals surface area contributed by atoms with Gasteiger partial charge in [0.2, 0.25) is 0 Å². The molecule has 1 atom stereocenters. The summed E-state index contributed by atoms with van der Waals surface area (Å²) in [7, 11) is 0. The molecule has 9 nitrogen and oxygen atoms in total. The Morgan fingerprint density at radius 1 is 1.09 bits per heavy atom. The summed E-state index contributed by atoms with van der Waals surface area (Å²) in [5.74, 6) is -0.272. The monoisotopic (exact) mass is 466 g/mol. The van der Waals surface area contributed by atoms with Crippen molar-refractivity contribution in [1.82, 2.24) is 20.4 Å². The first-order valence-electron chi connectivity index (χ1n) is 11.6. The van der Waals surface area contributed by atoms with Gasteiger partial charge in [-0.25, -0.2) is 9.59 Å². The number of nitrogens with one attached hydrogen (secondary N) is 2. The maximum Gasteiger partial charge on any atom is 0.338 e. The Balaban J connectivity index is 1.53. The van der Waals surface area contributed by atoms with E-state index in [1.54, 1.807) is 24.0 Å². The molecule has 1 aromatic heterocycles. The van der Waals surface area contributed by atoms with Crippen LogP contribution in [0.2, 0.25) is 0 Å². The van der Waals surface area contributed by atoms with E-state index in [9.17, 15) is 14.4 Å². The average molecular weight is 467 g/mol. The normalized spacial score (nSPS) is 18.9. The van der Waals surface area contributed by atoms with Gasteiger partial charge in [-0.05, 0) is 36.6 Å². The van der Waals surface area contributed by atoms with E-state index < -0.39 is 12.0 Å². The Labute approximate surface area is 198 Å². The molecule has 0 bridgehead atoms. The first-order valence-corrected chi connectivity index (χ1v) is 11.6. The number of carbonyl (C=O) groups is 3. The molecule has 4 rings (SSSR count). The minimum absolute atomic E-state index is 0.137. The Morgan fingerprint density at radius 3 is 2.44 bits per heavy atom. The highest BCUT2D eigenvalue weighted by molar-refractivity contribution is 5.95. The van der Waals surface area contributed by atoms with E-state index in [0.29, 0.717) is 49.8 Å². The van der Waals surface area contributed by atoms with Crippen molar-refractivity contribution < 1.29 is 23.5 Å². The third-order valence-corrected chi connectivity index (χ3v) is 6.14. The van der Waals surface area contributed by atoms with E-state index in [4.69, 9.17) is 9.15 Å². The van der Waals surface area contributed by atoms with Crippen molar-refractivity contribution in [3.63, 3.8) is 0 Å². The molecule has 0 aliphatic carbocycles. The molecule has 2 aliphatic heterocycles. The second-order valence-electron chi connectivity index (χ2n) is 8.28. The van der Waals surface area contributed by atoms with Gasteiger partial charge in [-0.1, -0.05) is 31.2 Å². The van der Waals surface area contributed by atoms with Crippen LogP contribution in [0.5, 0.6) is 0 Å². The minimum Gasteiger partial charge on any atom is -0.463 e. The number of hydrogen-bond donors (Lipinski definition) is 2. The van der Waals surface area contributed by atoms with Gasteiger partial charge < -0.3 is 24.7 Å². The van der Waals surface area contributed by atoms with Crippen LogP contribution in [0, 0.1) is 0 Å². The van der Waals surface area contributed by atoms with Crippen LogP contribution < -0.4 is 10.6 Å². The van der Waals surface area contributed by atoms with Crippen LogP contribution in [0.25, 0.3) is 0 Å². The molecule has 3 heterocycles. The lowest BCUT2D eigenvalue weighted by atomic mass is 9.94. The van der Waals surface area contributed by atoms with Crippen molar-refractivity contribution in [3.8, 4) is 0 Å². The van der Waals surface area contributed by atoms with Gasteiger partial charge in [0.1, 0.15) is 0 Å². The summed E-state index contributed by atoms with van der Waals surface area (Å²) in [6.07, 6.45) is 2.39. The van der Waals surface area contributed by atoms with Crippen LogP contribution in [0.3, 0.4) is 0 Å².